The fourth-order valence-corrected chi connectivity index (χ4v) is 3.90. The van der Waals surface area contributed by atoms with Gasteiger partial charge in [0.25, 0.3) is 11.8 Å². The van der Waals surface area contributed by atoms with Gasteiger partial charge in [0, 0.05) is 28.7 Å². The van der Waals surface area contributed by atoms with Gasteiger partial charge in [-0.05, 0) is 57.9 Å². The summed E-state index contributed by atoms with van der Waals surface area (Å²) >= 11 is 4.61. The smallest absolute Gasteiger partial charge is 0.291 e. The summed E-state index contributed by atoms with van der Waals surface area (Å²) in [4.78, 5) is 30.0. The normalized spacial score (nSPS) is 10.6. The molecule has 6 nitrogen and oxygen atoms in total. The first kappa shape index (κ1) is 20.1. The van der Waals surface area contributed by atoms with Crippen molar-refractivity contribution < 1.29 is 14.0 Å². The molecule has 0 bridgehead atoms. The van der Waals surface area contributed by atoms with Gasteiger partial charge in [0.05, 0.1) is 0 Å². The number of hydrogen-bond acceptors (Lipinski definition) is 5. The first-order chi connectivity index (χ1) is 14.6. The van der Waals surface area contributed by atoms with Crippen LogP contribution in [0.5, 0.6) is 0 Å². The topological polar surface area (TPSA) is 84.2 Å². The molecule has 0 fully saturated rings. The van der Waals surface area contributed by atoms with Crippen molar-refractivity contribution in [1.29, 1.82) is 0 Å². The zero-order valence-electron chi connectivity index (χ0n) is 15.6. The summed E-state index contributed by atoms with van der Waals surface area (Å²) in [5.41, 5.74) is 2.22. The summed E-state index contributed by atoms with van der Waals surface area (Å²) in [6.07, 6.45) is 2.55. The molecule has 2 aromatic carbocycles. The molecule has 0 saturated carbocycles. The van der Waals surface area contributed by atoms with E-state index in [0.717, 1.165) is 11.3 Å². The predicted octanol–water partition coefficient (Wildman–Crippen LogP) is 5.59. The van der Waals surface area contributed by atoms with Crippen molar-refractivity contribution in [3.05, 3.63) is 99.4 Å². The molecular formula is C22H16BrN3O3S. The van der Waals surface area contributed by atoms with Gasteiger partial charge < -0.3 is 9.73 Å². The first-order valence-corrected chi connectivity index (χ1v) is 10.6. The molecule has 2 N–H and O–H groups in total. The minimum absolute atomic E-state index is 0.193. The fraction of sp³-hybridized carbons (Fsp3) is 0.0455. The van der Waals surface area contributed by atoms with E-state index < -0.39 is 0 Å². The quantitative estimate of drug-likeness (QED) is 0.375. The Morgan fingerprint density at radius 2 is 1.70 bits per heavy atom. The lowest BCUT2D eigenvalue weighted by molar-refractivity contribution is 0.0994. The lowest BCUT2D eigenvalue weighted by Gasteiger charge is -2.05. The molecule has 4 rings (SSSR count). The molecule has 4 aromatic rings. The van der Waals surface area contributed by atoms with Crippen LogP contribution in [0.1, 0.15) is 31.4 Å². The number of benzene rings is 2. The number of furan rings is 1. The van der Waals surface area contributed by atoms with Gasteiger partial charge in [0.1, 0.15) is 0 Å². The van der Waals surface area contributed by atoms with E-state index in [9.17, 15) is 9.59 Å². The summed E-state index contributed by atoms with van der Waals surface area (Å²) in [5, 5.41) is 6.08. The molecule has 0 spiro atoms. The summed E-state index contributed by atoms with van der Waals surface area (Å²) in [5.74, 6) is -0.436. The number of anilines is 2. The third-order valence-corrected chi connectivity index (χ3v) is 5.54. The van der Waals surface area contributed by atoms with E-state index >= 15 is 0 Å². The third kappa shape index (κ3) is 5.03. The second-order valence-electron chi connectivity index (χ2n) is 6.38. The van der Waals surface area contributed by atoms with Crippen molar-refractivity contribution in [2.45, 2.75) is 6.42 Å². The number of carbonyl (C=O) groups excluding carboxylic acids is 2. The van der Waals surface area contributed by atoms with Gasteiger partial charge >= 0.3 is 0 Å². The second-order valence-corrected chi connectivity index (χ2v) is 8.28. The number of hydrogen-bond donors (Lipinski definition) is 2. The fourth-order valence-electron chi connectivity index (χ4n) is 2.75. The molecule has 0 aliphatic heterocycles. The van der Waals surface area contributed by atoms with E-state index in [0.29, 0.717) is 21.1 Å². The van der Waals surface area contributed by atoms with Crippen molar-refractivity contribution in [3.63, 3.8) is 0 Å². The van der Waals surface area contributed by atoms with Crippen LogP contribution in [0.25, 0.3) is 0 Å². The van der Waals surface area contributed by atoms with Gasteiger partial charge in [0.15, 0.2) is 15.6 Å². The van der Waals surface area contributed by atoms with Crippen molar-refractivity contribution >= 4 is 49.9 Å². The standard InChI is InChI=1S/C22H16BrN3O3S/c23-19-11-10-18(29-19)21(28)25-16-8-6-15(7-9-16)20(27)26-22-24-13-17(30-22)12-14-4-2-1-3-5-14/h1-11,13H,12H2,(H,25,28)(H,24,26,27). The number of nitrogens with one attached hydrogen (secondary N) is 2. The molecule has 0 saturated heterocycles. The number of thiazole rings is 1. The maximum atomic E-state index is 12.5. The van der Waals surface area contributed by atoms with Crippen LogP contribution in [0.2, 0.25) is 0 Å². The van der Waals surface area contributed by atoms with Crippen molar-refractivity contribution in [2.24, 2.45) is 0 Å². The van der Waals surface area contributed by atoms with Crippen LogP contribution < -0.4 is 10.6 Å². The van der Waals surface area contributed by atoms with Crippen LogP contribution in [-0.4, -0.2) is 16.8 Å². The molecule has 0 atom stereocenters. The molecule has 2 amide bonds. The molecule has 0 aliphatic rings. The number of aromatic nitrogens is 1. The highest BCUT2D eigenvalue weighted by Gasteiger charge is 2.12. The monoisotopic (exact) mass is 481 g/mol. The zero-order valence-corrected chi connectivity index (χ0v) is 18.0. The van der Waals surface area contributed by atoms with Crippen molar-refractivity contribution in [3.8, 4) is 0 Å². The Morgan fingerprint density at radius 3 is 2.40 bits per heavy atom. The highest BCUT2D eigenvalue weighted by molar-refractivity contribution is 9.10. The van der Waals surface area contributed by atoms with Crippen molar-refractivity contribution in [1.82, 2.24) is 4.98 Å². The van der Waals surface area contributed by atoms with Gasteiger partial charge in [-0.15, -0.1) is 11.3 Å². The molecule has 2 aromatic heterocycles. The van der Waals surface area contributed by atoms with Gasteiger partial charge in [-0.2, -0.15) is 0 Å². The lowest BCUT2D eigenvalue weighted by atomic mass is 10.1. The largest absolute Gasteiger partial charge is 0.444 e. The number of halogens is 1. The Hall–Kier alpha value is -3.23. The summed E-state index contributed by atoms with van der Waals surface area (Å²) in [6, 6.07) is 19.9. The molecule has 8 heteroatoms. The molecular weight excluding hydrogens is 466 g/mol. The highest BCUT2D eigenvalue weighted by Crippen LogP contribution is 2.22. The lowest BCUT2D eigenvalue weighted by Crippen LogP contribution is -2.13. The maximum absolute atomic E-state index is 12.5. The van der Waals surface area contributed by atoms with Crippen LogP contribution in [0, 0.1) is 0 Å². The molecule has 0 radical (unpaired) electrons. The van der Waals surface area contributed by atoms with Gasteiger partial charge in [-0.25, -0.2) is 4.98 Å². The number of amides is 2. The Morgan fingerprint density at radius 1 is 0.933 bits per heavy atom. The summed E-state index contributed by atoms with van der Waals surface area (Å²) in [7, 11) is 0. The maximum Gasteiger partial charge on any atom is 0.291 e. The van der Waals surface area contributed by atoms with Crippen LogP contribution in [-0.2, 0) is 6.42 Å². The van der Waals surface area contributed by atoms with E-state index in [1.54, 1.807) is 42.6 Å². The van der Waals surface area contributed by atoms with Crippen LogP contribution in [0.15, 0.2) is 82.0 Å². The van der Waals surface area contributed by atoms with E-state index in [4.69, 9.17) is 4.42 Å². The SMILES string of the molecule is O=C(Nc1ncc(Cc2ccccc2)s1)c1ccc(NC(=O)c2ccc(Br)o2)cc1. The second kappa shape index (κ2) is 9.06. The molecule has 30 heavy (non-hydrogen) atoms. The number of rotatable bonds is 6. The Labute approximate surface area is 185 Å². The van der Waals surface area contributed by atoms with E-state index in [-0.39, 0.29) is 17.6 Å². The third-order valence-electron chi connectivity index (χ3n) is 4.20. The Kier molecular flexibility index (Phi) is 6.06. The van der Waals surface area contributed by atoms with Crippen LogP contribution in [0.3, 0.4) is 0 Å². The minimum Gasteiger partial charge on any atom is -0.444 e. The van der Waals surface area contributed by atoms with E-state index in [1.807, 2.05) is 18.2 Å². The van der Waals surface area contributed by atoms with E-state index in [1.165, 1.54) is 16.9 Å². The Balaban J connectivity index is 1.35. The summed E-state index contributed by atoms with van der Waals surface area (Å²) < 4.78 is 5.70. The van der Waals surface area contributed by atoms with Gasteiger partial charge in [-0.1, -0.05) is 30.3 Å². The van der Waals surface area contributed by atoms with E-state index in [2.05, 4.69) is 43.7 Å². The predicted molar refractivity (Wildman–Crippen MR) is 120 cm³/mol. The molecule has 2 heterocycles. The van der Waals surface area contributed by atoms with Gasteiger partial charge in [-0.3, -0.25) is 14.9 Å². The minimum atomic E-state index is -0.369. The molecule has 0 aliphatic carbocycles. The summed E-state index contributed by atoms with van der Waals surface area (Å²) in [6.45, 7) is 0. The van der Waals surface area contributed by atoms with Crippen LogP contribution in [0.4, 0.5) is 10.8 Å². The number of carbonyl (C=O) groups is 2. The van der Waals surface area contributed by atoms with Crippen molar-refractivity contribution in [2.75, 3.05) is 10.6 Å². The first-order valence-electron chi connectivity index (χ1n) is 9.03. The average Bonchev–Trinajstić information content (AvgIpc) is 3.38. The molecule has 150 valence electrons. The highest BCUT2D eigenvalue weighted by atomic mass is 79.9. The van der Waals surface area contributed by atoms with Crippen LogP contribution >= 0.6 is 27.3 Å². The van der Waals surface area contributed by atoms with Gasteiger partial charge in [0.2, 0.25) is 0 Å². The molecule has 0 unspecified atom stereocenters. The zero-order chi connectivity index (χ0) is 20.9. The Bertz CT molecular complexity index is 1170. The average molecular weight is 482 g/mol. The number of nitrogens with zero attached hydrogens (tertiary/aromatic N) is 1.